The molecule has 7 heteroatoms. The predicted molar refractivity (Wildman–Crippen MR) is 98.2 cm³/mol. The fourth-order valence-electron chi connectivity index (χ4n) is 4.31. The Morgan fingerprint density at radius 1 is 1.12 bits per heavy atom. The third-order valence-electron chi connectivity index (χ3n) is 5.80. The molecule has 4 rings (SSSR count). The van der Waals surface area contributed by atoms with Gasteiger partial charge in [0.1, 0.15) is 0 Å². The third kappa shape index (κ3) is 3.02. The fraction of sp³-hybridized carbons (Fsp3) is 0.556. The smallest absolute Gasteiger partial charge is 0.249 e. The lowest BCUT2D eigenvalue weighted by Gasteiger charge is -2.03. The van der Waals surface area contributed by atoms with E-state index >= 15 is 0 Å². The first-order chi connectivity index (χ1) is 11.8. The van der Waals surface area contributed by atoms with Crippen molar-refractivity contribution >= 4 is 21.4 Å². The molecule has 0 aromatic carbocycles. The summed E-state index contributed by atoms with van der Waals surface area (Å²) in [6.07, 6.45) is 8.96. The van der Waals surface area contributed by atoms with Gasteiger partial charge in [-0.05, 0) is 35.8 Å². The maximum atomic E-state index is 11.4. The Balaban J connectivity index is 1.57. The lowest BCUT2D eigenvalue weighted by molar-refractivity contribution is 0.593. The van der Waals surface area contributed by atoms with Crippen molar-refractivity contribution in [2.45, 2.75) is 62.3 Å². The largest absolute Gasteiger partial charge is 0.255 e. The molecule has 5 nitrogen and oxygen atoms in total. The monoisotopic (exact) mass is 377 g/mol. The maximum absolute atomic E-state index is 11.4. The van der Waals surface area contributed by atoms with Crippen LogP contribution in [0, 0.1) is 5.41 Å². The standard InChI is InChI=1S/C18H23N3O2S2/c1-18(2)15(12-7-8-14(20-9-12)25(19,22)23)16(18)17-21-10-13(24-17)11-5-3-4-6-11/h7-11,15-16H,3-6H2,1-2H3,(H2,19,22,23)/t15-,16+/m1/s1. The molecule has 134 valence electrons. The van der Waals surface area contributed by atoms with Crippen molar-refractivity contribution in [3.63, 3.8) is 0 Å². The Morgan fingerprint density at radius 3 is 2.44 bits per heavy atom. The number of pyridine rings is 1. The first-order valence-electron chi connectivity index (χ1n) is 8.73. The van der Waals surface area contributed by atoms with Gasteiger partial charge >= 0.3 is 0 Å². The Hall–Kier alpha value is -1.31. The van der Waals surface area contributed by atoms with E-state index in [-0.39, 0.29) is 10.4 Å². The molecule has 2 saturated carbocycles. The molecule has 2 atom stereocenters. The molecule has 2 aliphatic carbocycles. The van der Waals surface area contributed by atoms with Gasteiger partial charge in [-0.1, -0.05) is 32.8 Å². The molecule has 0 aliphatic heterocycles. The van der Waals surface area contributed by atoms with E-state index in [1.807, 2.05) is 17.4 Å². The van der Waals surface area contributed by atoms with Gasteiger partial charge in [-0.15, -0.1) is 11.3 Å². The topological polar surface area (TPSA) is 85.9 Å². The highest BCUT2D eigenvalue weighted by molar-refractivity contribution is 7.89. The van der Waals surface area contributed by atoms with Gasteiger partial charge in [0.25, 0.3) is 10.0 Å². The second-order valence-electron chi connectivity index (χ2n) is 7.83. The summed E-state index contributed by atoms with van der Waals surface area (Å²) < 4.78 is 22.8. The summed E-state index contributed by atoms with van der Waals surface area (Å²) in [5.74, 6) is 1.38. The Morgan fingerprint density at radius 2 is 1.84 bits per heavy atom. The molecule has 0 unspecified atom stereocenters. The predicted octanol–water partition coefficient (Wildman–Crippen LogP) is 3.75. The van der Waals surface area contributed by atoms with E-state index in [0.717, 1.165) is 5.56 Å². The summed E-state index contributed by atoms with van der Waals surface area (Å²) in [5.41, 5.74) is 1.16. The molecule has 0 radical (unpaired) electrons. The number of aromatic nitrogens is 2. The molecule has 2 aliphatic rings. The van der Waals surface area contributed by atoms with Crippen LogP contribution >= 0.6 is 11.3 Å². The Bertz CT molecular complexity index is 881. The van der Waals surface area contributed by atoms with Crippen LogP contribution in [0.5, 0.6) is 0 Å². The summed E-state index contributed by atoms with van der Waals surface area (Å²) in [6, 6.07) is 3.34. The van der Waals surface area contributed by atoms with Crippen molar-refractivity contribution in [1.29, 1.82) is 0 Å². The minimum absolute atomic E-state index is 0.0796. The number of sulfonamides is 1. The zero-order valence-corrected chi connectivity index (χ0v) is 16.1. The van der Waals surface area contributed by atoms with Crippen LogP contribution in [0.15, 0.2) is 29.6 Å². The van der Waals surface area contributed by atoms with E-state index < -0.39 is 10.0 Å². The molecule has 2 aromatic heterocycles. The zero-order valence-electron chi connectivity index (χ0n) is 14.5. The highest BCUT2D eigenvalue weighted by Crippen LogP contribution is 2.70. The summed E-state index contributed by atoms with van der Waals surface area (Å²) in [5, 5.41) is 6.26. The van der Waals surface area contributed by atoms with Crippen molar-refractivity contribution < 1.29 is 8.42 Å². The van der Waals surface area contributed by atoms with Crippen LogP contribution in [0.4, 0.5) is 0 Å². The molecule has 2 heterocycles. The second kappa shape index (κ2) is 5.86. The van der Waals surface area contributed by atoms with Crippen LogP contribution in [0.3, 0.4) is 0 Å². The zero-order chi connectivity index (χ0) is 17.8. The molecule has 2 N–H and O–H groups in total. The SMILES string of the molecule is CC1(C)[C@H](c2ccc(S(N)(=O)=O)nc2)[C@H]1c1ncc(C2CCCC2)s1. The highest BCUT2D eigenvalue weighted by Gasteiger charge is 2.60. The van der Waals surface area contributed by atoms with E-state index in [4.69, 9.17) is 10.1 Å². The van der Waals surface area contributed by atoms with Crippen molar-refractivity contribution in [1.82, 2.24) is 9.97 Å². The summed E-state index contributed by atoms with van der Waals surface area (Å²) >= 11 is 1.86. The number of primary sulfonamides is 1. The second-order valence-corrected chi connectivity index (χ2v) is 10.4. The van der Waals surface area contributed by atoms with Gasteiger partial charge in [0, 0.05) is 29.1 Å². The molecular weight excluding hydrogens is 354 g/mol. The van der Waals surface area contributed by atoms with Crippen LogP contribution in [0.2, 0.25) is 0 Å². The lowest BCUT2D eigenvalue weighted by atomic mass is 10.1. The summed E-state index contributed by atoms with van der Waals surface area (Å²) in [7, 11) is -3.75. The molecule has 0 saturated heterocycles. The van der Waals surface area contributed by atoms with E-state index in [2.05, 4.69) is 25.0 Å². The number of thiazole rings is 1. The van der Waals surface area contributed by atoms with Gasteiger partial charge in [0.05, 0.1) is 5.01 Å². The lowest BCUT2D eigenvalue weighted by Crippen LogP contribution is -2.13. The quantitative estimate of drug-likeness (QED) is 0.879. The first-order valence-corrected chi connectivity index (χ1v) is 11.1. The molecule has 2 fully saturated rings. The van der Waals surface area contributed by atoms with Gasteiger partial charge in [-0.25, -0.2) is 23.5 Å². The van der Waals surface area contributed by atoms with E-state index in [9.17, 15) is 8.42 Å². The van der Waals surface area contributed by atoms with Crippen LogP contribution in [0.1, 0.15) is 72.7 Å². The van der Waals surface area contributed by atoms with Crippen molar-refractivity contribution in [2.24, 2.45) is 10.6 Å². The number of hydrogen-bond acceptors (Lipinski definition) is 5. The van der Waals surface area contributed by atoms with Gasteiger partial charge in [0.2, 0.25) is 0 Å². The van der Waals surface area contributed by atoms with Crippen molar-refractivity contribution in [3.05, 3.63) is 40.0 Å². The number of nitrogens with two attached hydrogens (primary N) is 1. The van der Waals surface area contributed by atoms with Gasteiger partial charge in [-0.2, -0.15) is 0 Å². The van der Waals surface area contributed by atoms with E-state index in [0.29, 0.717) is 17.8 Å². The van der Waals surface area contributed by atoms with Crippen LogP contribution in [0.25, 0.3) is 0 Å². The van der Waals surface area contributed by atoms with Crippen molar-refractivity contribution in [3.8, 4) is 0 Å². The normalized spacial score (nSPS) is 26.0. The minimum atomic E-state index is -3.75. The van der Waals surface area contributed by atoms with E-state index in [1.165, 1.54) is 41.6 Å². The Kier molecular flexibility index (Phi) is 4.01. The summed E-state index contributed by atoms with van der Waals surface area (Å²) in [6.45, 7) is 4.49. The maximum Gasteiger partial charge on any atom is 0.255 e. The minimum Gasteiger partial charge on any atom is -0.249 e. The molecule has 25 heavy (non-hydrogen) atoms. The molecule has 0 spiro atoms. The van der Waals surface area contributed by atoms with E-state index in [1.54, 1.807) is 6.20 Å². The average Bonchev–Trinajstić information content (AvgIpc) is 3.03. The summed E-state index contributed by atoms with van der Waals surface area (Å²) in [4.78, 5) is 10.2. The molecule has 0 bridgehead atoms. The number of rotatable bonds is 4. The highest BCUT2D eigenvalue weighted by atomic mass is 32.2. The van der Waals surface area contributed by atoms with Gasteiger partial charge < -0.3 is 0 Å². The van der Waals surface area contributed by atoms with Gasteiger partial charge in [-0.3, -0.25) is 0 Å². The number of nitrogens with zero attached hydrogens (tertiary/aromatic N) is 2. The van der Waals surface area contributed by atoms with Crippen molar-refractivity contribution in [2.75, 3.05) is 0 Å². The fourth-order valence-corrected chi connectivity index (χ4v) is 6.19. The van der Waals surface area contributed by atoms with Crippen LogP contribution in [-0.2, 0) is 10.0 Å². The average molecular weight is 378 g/mol. The number of hydrogen-bond donors (Lipinski definition) is 1. The Labute approximate surface area is 152 Å². The van der Waals surface area contributed by atoms with Crippen LogP contribution < -0.4 is 5.14 Å². The molecular formula is C18H23N3O2S2. The first kappa shape index (κ1) is 17.1. The molecule has 0 amide bonds. The van der Waals surface area contributed by atoms with Crippen LogP contribution in [-0.4, -0.2) is 18.4 Å². The molecule has 2 aromatic rings. The van der Waals surface area contributed by atoms with Gasteiger partial charge in [0.15, 0.2) is 5.03 Å². The third-order valence-corrected chi connectivity index (χ3v) is 7.87.